The molecule has 0 aliphatic carbocycles. The molecule has 0 aliphatic rings. The highest BCUT2D eigenvalue weighted by Crippen LogP contribution is 2.28. The Bertz CT molecular complexity index is 798. The summed E-state index contributed by atoms with van der Waals surface area (Å²) in [6, 6.07) is 12.4. The van der Waals surface area contributed by atoms with Gasteiger partial charge in [-0.1, -0.05) is 24.3 Å². The molecular formula is C19H19NO5. The van der Waals surface area contributed by atoms with Crippen LogP contribution in [0.1, 0.15) is 11.1 Å². The fourth-order valence-electron chi connectivity index (χ4n) is 2.12. The number of hydrogen-bond acceptors (Lipinski definition) is 4. The molecule has 2 aromatic carbocycles. The molecule has 0 saturated carbocycles. The highest BCUT2D eigenvalue weighted by atomic mass is 16.5. The van der Waals surface area contributed by atoms with Crippen molar-refractivity contribution in [1.82, 2.24) is 0 Å². The lowest BCUT2D eigenvalue weighted by Crippen LogP contribution is -2.20. The number of rotatable bonds is 7. The van der Waals surface area contributed by atoms with Crippen molar-refractivity contribution in [2.24, 2.45) is 0 Å². The Labute approximate surface area is 145 Å². The summed E-state index contributed by atoms with van der Waals surface area (Å²) in [6.45, 7) is 1.73. The third-order valence-electron chi connectivity index (χ3n) is 3.38. The fourth-order valence-corrected chi connectivity index (χ4v) is 2.12. The van der Waals surface area contributed by atoms with Crippen molar-refractivity contribution in [2.75, 3.05) is 19.0 Å². The van der Waals surface area contributed by atoms with Gasteiger partial charge < -0.3 is 19.9 Å². The standard InChI is InChI=1S/C19H19NO5/c1-13-5-3-4-6-15(13)20-18(21)12-25-16-9-7-14(8-10-19(22)23)11-17(16)24-2/h3-11H,12H2,1-2H3,(H,20,21)(H,22,23). The van der Waals surface area contributed by atoms with E-state index in [0.717, 1.165) is 17.3 Å². The van der Waals surface area contributed by atoms with Crippen LogP contribution >= 0.6 is 0 Å². The van der Waals surface area contributed by atoms with Gasteiger partial charge in [0.25, 0.3) is 5.91 Å². The number of benzene rings is 2. The fraction of sp³-hybridized carbons (Fsp3) is 0.158. The molecular weight excluding hydrogens is 322 g/mol. The summed E-state index contributed by atoms with van der Waals surface area (Å²) < 4.78 is 10.7. The first-order valence-electron chi connectivity index (χ1n) is 7.57. The molecule has 0 aromatic heterocycles. The van der Waals surface area contributed by atoms with Gasteiger partial charge in [0.15, 0.2) is 18.1 Å². The SMILES string of the molecule is COc1cc(C=CC(=O)O)ccc1OCC(=O)Nc1ccccc1C. The number of methoxy groups -OCH3 is 1. The van der Waals surface area contributed by atoms with Crippen LogP contribution in [0.15, 0.2) is 48.5 Å². The smallest absolute Gasteiger partial charge is 0.328 e. The lowest BCUT2D eigenvalue weighted by atomic mass is 10.2. The quantitative estimate of drug-likeness (QED) is 0.756. The van der Waals surface area contributed by atoms with Gasteiger partial charge in [-0.05, 0) is 42.3 Å². The van der Waals surface area contributed by atoms with E-state index in [1.807, 2.05) is 31.2 Å². The summed E-state index contributed by atoms with van der Waals surface area (Å²) >= 11 is 0. The van der Waals surface area contributed by atoms with Crippen molar-refractivity contribution in [2.45, 2.75) is 6.92 Å². The number of ether oxygens (including phenoxy) is 2. The zero-order valence-electron chi connectivity index (χ0n) is 14.0. The van der Waals surface area contributed by atoms with Crippen LogP contribution in [0.5, 0.6) is 11.5 Å². The number of carboxylic acid groups (broad SMARTS) is 1. The Morgan fingerprint density at radius 3 is 2.60 bits per heavy atom. The minimum absolute atomic E-state index is 0.172. The molecule has 0 fully saturated rings. The number of hydrogen-bond donors (Lipinski definition) is 2. The van der Waals surface area contributed by atoms with Crippen LogP contribution in [0, 0.1) is 6.92 Å². The molecule has 0 radical (unpaired) electrons. The van der Waals surface area contributed by atoms with Gasteiger partial charge in [-0.2, -0.15) is 0 Å². The van der Waals surface area contributed by atoms with Crippen molar-refractivity contribution in [1.29, 1.82) is 0 Å². The number of aliphatic carboxylic acids is 1. The Kier molecular flexibility index (Phi) is 6.17. The Morgan fingerprint density at radius 2 is 1.92 bits per heavy atom. The van der Waals surface area contributed by atoms with E-state index in [-0.39, 0.29) is 12.5 Å². The van der Waals surface area contributed by atoms with Crippen molar-refractivity contribution < 1.29 is 24.2 Å². The molecule has 2 rings (SSSR count). The number of carbonyl (C=O) groups is 2. The average molecular weight is 341 g/mol. The molecule has 0 heterocycles. The molecule has 0 aliphatic heterocycles. The number of nitrogens with one attached hydrogen (secondary N) is 1. The first kappa shape index (κ1) is 18.1. The second kappa shape index (κ2) is 8.54. The Morgan fingerprint density at radius 1 is 1.16 bits per heavy atom. The second-order valence-corrected chi connectivity index (χ2v) is 5.23. The van der Waals surface area contributed by atoms with E-state index in [4.69, 9.17) is 14.6 Å². The van der Waals surface area contributed by atoms with Crippen LogP contribution in [-0.2, 0) is 9.59 Å². The maximum Gasteiger partial charge on any atom is 0.328 e. The van der Waals surface area contributed by atoms with Crippen LogP contribution in [0.25, 0.3) is 6.08 Å². The summed E-state index contributed by atoms with van der Waals surface area (Å²) in [5.74, 6) is -0.510. The van der Waals surface area contributed by atoms with Crippen LogP contribution in [0.2, 0.25) is 0 Å². The first-order valence-corrected chi connectivity index (χ1v) is 7.57. The van der Waals surface area contributed by atoms with Gasteiger partial charge in [-0.15, -0.1) is 0 Å². The normalized spacial score (nSPS) is 10.5. The molecule has 2 aromatic rings. The summed E-state index contributed by atoms with van der Waals surface area (Å²) in [6.07, 6.45) is 2.48. The molecule has 2 N–H and O–H groups in total. The number of aryl methyl sites for hydroxylation is 1. The molecule has 6 nitrogen and oxygen atoms in total. The molecule has 0 saturated heterocycles. The highest BCUT2D eigenvalue weighted by molar-refractivity contribution is 5.92. The number of carboxylic acids is 1. The molecule has 1 amide bonds. The van der Waals surface area contributed by atoms with Gasteiger partial charge in [0.05, 0.1) is 7.11 Å². The molecule has 6 heteroatoms. The minimum Gasteiger partial charge on any atom is -0.493 e. The Hall–Kier alpha value is -3.28. The molecule has 0 unspecified atom stereocenters. The van der Waals surface area contributed by atoms with Crippen molar-refractivity contribution in [3.63, 3.8) is 0 Å². The molecule has 0 spiro atoms. The van der Waals surface area contributed by atoms with Gasteiger partial charge in [0.2, 0.25) is 0 Å². The van der Waals surface area contributed by atoms with Gasteiger partial charge in [0, 0.05) is 11.8 Å². The van der Waals surface area contributed by atoms with Crippen LogP contribution in [0.4, 0.5) is 5.69 Å². The summed E-state index contributed by atoms with van der Waals surface area (Å²) in [4.78, 5) is 22.6. The molecule has 0 bridgehead atoms. The number of carbonyl (C=O) groups excluding carboxylic acids is 1. The van der Waals surface area contributed by atoms with E-state index < -0.39 is 5.97 Å². The molecule has 0 atom stereocenters. The van der Waals surface area contributed by atoms with E-state index in [0.29, 0.717) is 17.1 Å². The zero-order valence-corrected chi connectivity index (χ0v) is 14.0. The van der Waals surface area contributed by atoms with Gasteiger partial charge >= 0.3 is 5.97 Å². The lowest BCUT2D eigenvalue weighted by Gasteiger charge is -2.12. The largest absolute Gasteiger partial charge is 0.493 e. The maximum atomic E-state index is 12.0. The maximum absolute atomic E-state index is 12.0. The first-order chi connectivity index (χ1) is 12.0. The monoisotopic (exact) mass is 341 g/mol. The molecule has 130 valence electrons. The van der Waals surface area contributed by atoms with Crippen molar-refractivity contribution >= 4 is 23.6 Å². The van der Waals surface area contributed by atoms with Crippen molar-refractivity contribution in [3.8, 4) is 11.5 Å². The zero-order chi connectivity index (χ0) is 18.2. The Balaban J connectivity index is 2.01. The minimum atomic E-state index is -1.04. The van der Waals surface area contributed by atoms with E-state index in [1.165, 1.54) is 13.2 Å². The molecule has 25 heavy (non-hydrogen) atoms. The van der Waals surface area contributed by atoms with E-state index in [2.05, 4.69) is 5.32 Å². The summed E-state index contributed by atoms with van der Waals surface area (Å²) in [7, 11) is 1.47. The van der Waals surface area contributed by atoms with Gasteiger partial charge in [0.1, 0.15) is 0 Å². The average Bonchev–Trinajstić information content (AvgIpc) is 2.60. The number of anilines is 1. The number of para-hydroxylation sites is 1. The van der Waals surface area contributed by atoms with Crippen LogP contribution < -0.4 is 14.8 Å². The third-order valence-corrected chi connectivity index (χ3v) is 3.38. The lowest BCUT2D eigenvalue weighted by molar-refractivity contribution is -0.131. The van der Waals surface area contributed by atoms with E-state index >= 15 is 0 Å². The van der Waals surface area contributed by atoms with E-state index in [9.17, 15) is 9.59 Å². The predicted molar refractivity (Wildman–Crippen MR) is 95.0 cm³/mol. The second-order valence-electron chi connectivity index (χ2n) is 5.23. The highest BCUT2D eigenvalue weighted by Gasteiger charge is 2.09. The van der Waals surface area contributed by atoms with Crippen LogP contribution in [-0.4, -0.2) is 30.7 Å². The van der Waals surface area contributed by atoms with Crippen LogP contribution in [0.3, 0.4) is 0 Å². The van der Waals surface area contributed by atoms with Gasteiger partial charge in [-0.25, -0.2) is 4.79 Å². The topological polar surface area (TPSA) is 84.9 Å². The predicted octanol–water partition coefficient (Wildman–Crippen LogP) is 3.12. The third kappa shape index (κ3) is 5.39. The summed E-state index contributed by atoms with van der Waals surface area (Å²) in [5, 5.41) is 11.4. The van der Waals surface area contributed by atoms with E-state index in [1.54, 1.807) is 18.2 Å². The van der Waals surface area contributed by atoms with Gasteiger partial charge in [-0.3, -0.25) is 4.79 Å². The summed E-state index contributed by atoms with van der Waals surface area (Å²) in [5.41, 5.74) is 2.34. The van der Waals surface area contributed by atoms with Crippen molar-refractivity contribution in [3.05, 3.63) is 59.7 Å². The number of amides is 1.